The van der Waals surface area contributed by atoms with Gasteiger partial charge in [0.2, 0.25) is 0 Å². The third kappa shape index (κ3) is 3.13. The quantitative estimate of drug-likeness (QED) is 0.811. The minimum Gasteiger partial charge on any atom is -0.364 e. The number of fused-ring (bicyclic) bond motifs is 1. The van der Waals surface area contributed by atoms with Crippen molar-refractivity contribution in [3.05, 3.63) is 35.8 Å². The van der Waals surface area contributed by atoms with Crippen LogP contribution >= 0.6 is 0 Å². The molecular formula is C11H14N3OY-. The number of primary amides is 1. The molecule has 0 aliphatic heterocycles. The molecule has 4 nitrogen and oxygen atoms in total. The number of aromatic nitrogens is 2. The second-order valence-corrected chi connectivity index (χ2v) is 2.84. The van der Waals surface area contributed by atoms with Gasteiger partial charge in [0.25, 0.3) is 5.91 Å². The smallest absolute Gasteiger partial charge is 0.267 e. The van der Waals surface area contributed by atoms with Crippen LogP contribution in [0.4, 0.5) is 0 Å². The zero-order valence-corrected chi connectivity index (χ0v) is 12.5. The van der Waals surface area contributed by atoms with Crippen molar-refractivity contribution >= 4 is 11.6 Å². The Kier molecular flexibility index (Phi) is 6.45. The van der Waals surface area contributed by atoms with Crippen molar-refractivity contribution in [2.75, 3.05) is 0 Å². The third-order valence-corrected chi connectivity index (χ3v) is 1.84. The normalized spacial score (nSPS) is 8.94. The van der Waals surface area contributed by atoms with Crippen molar-refractivity contribution in [1.29, 1.82) is 0 Å². The van der Waals surface area contributed by atoms with Crippen molar-refractivity contribution in [1.82, 2.24) is 9.38 Å². The van der Waals surface area contributed by atoms with Gasteiger partial charge in [0.1, 0.15) is 5.69 Å². The number of imidazole rings is 1. The first kappa shape index (κ1) is 15.3. The van der Waals surface area contributed by atoms with E-state index in [-0.39, 0.29) is 32.7 Å². The van der Waals surface area contributed by atoms with Crippen LogP contribution in [0.1, 0.15) is 29.9 Å². The molecule has 1 amide bonds. The molecule has 2 N–H and O–H groups in total. The summed E-state index contributed by atoms with van der Waals surface area (Å²) in [6.45, 7) is 5.92. The molecule has 0 spiro atoms. The number of pyridine rings is 1. The van der Waals surface area contributed by atoms with E-state index in [1.54, 1.807) is 10.6 Å². The zero-order valence-electron chi connectivity index (χ0n) is 9.69. The van der Waals surface area contributed by atoms with Gasteiger partial charge in [-0.05, 0) is 0 Å². The largest absolute Gasteiger partial charge is 0.364 e. The summed E-state index contributed by atoms with van der Waals surface area (Å²) in [6, 6.07) is 4.81. The second kappa shape index (κ2) is 6.76. The van der Waals surface area contributed by atoms with E-state index in [2.05, 4.69) is 11.1 Å². The first-order chi connectivity index (χ1) is 7.18. The molecule has 0 aliphatic carbocycles. The fourth-order valence-corrected chi connectivity index (χ4v) is 1.20. The number of carbonyl (C=O) groups is 1. The predicted molar refractivity (Wildman–Crippen MR) is 58.6 cm³/mol. The van der Waals surface area contributed by atoms with Crippen LogP contribution in [0.25, 0.3) is 5.65 Å². The molecule has 83 valence electrons. The average Bonchev–Trinajstić information content (AvgIpc) is 2.63. The summed E-state index contributed by atoms with van der Waals surface area (Å²) in [5.41, 5.74) is 7.22. The maximum atomic E-state index is 10.9. The Bertz CT molecular complexity index is 479. The topological polar surface area (TPSA) is 60.4 Å². The molecule has 0 fully saturated rings. The van der Waals surface area contributed by atoms with Crippen molar-refractivity contribution < 1.29 is 37.5 Å². The number of amides is 1. The van der Waals surface area contributed by atoms with Crippen LogP contribution in [0, 0.1) is 13.0 Å². The summed E-state index contributed by atoms with van der Waals surface area (Å²) in [4.78, 5) is 15.0. The van der Waals surface area contributed by atoms with Gasteiger partial charge in [-0.3, -0.25) is 9.78 Å². The molecule has 2 rings (SSSR count). The first-order valence-electron chi connectivity index (χ1n) is 4.83. The summed E-state index contributed by atoms with van der Waals surface area (Å²) < 4.78 is 1.62. The SMILES string of the molecule is CC.Cc1[c-]cn2c(C(N)=O)cnc2c1.[Y]. The number of nitrogens with zero attached hydrogens (tertiary/aromatic N) is 2. The molecular weight excluding hydrogens is 279 g/mol. The molecule has 0 unspecified atom stereocenters. The zero-order chi connectivity index (χ0) is 11.4. The summed E-state index contributed by atoms with van der Waals surface area (Å²) in [6.07, 6.45) is 3.13. The summed E-state index contributed by atoms with van der Waals surface area (Å²) in [5.74, 6) is -0.482. The number of hydrogen-bond acceptors (Lipinski definition) is 2. The van der Waals surface area contributed by atoms with Crippen molar-refractivity contribution in [3.63, 3.8) is 0 Å². The molecule has 5 heteroatoms. The Morgan fingerprint density at radius 2 is 2.12 bits per heavy atom. The number of nitrogens with two attached hydrogens (primary N) is 1. The van der Waals surface area contributed by atoms with Crippen LogP contribution in [0.3, 0.4) is 0 Å². The maximum Gasteiger partial charge on any atom is 0.267 e. The van der Waals surface area contributed by atoms with Gasteiger partial charge in [-0.2, -0.15) is 6.07 Å². The van der Waals surface area contributed by atoms with Crippen LogP contribution in [-0.2, 0) is 32.7 Å². The average molecular weight is 293 g/mol. The van der Waals surface area contributed by atoms with Crippen LogP contribution in [0.2, 0.25) is 0 Å². The van der Waals surface area contributed by atoms with Gasteiger partial charge in [-0.25, -0.2) is 11.6 Å². The second-order valence-electron chi connectivity index (χ2n) is 2.84. The monoisotopic (exact) mass is 293 g/mol. The van der Waals surface area contributed by atoms with Crippen LogP contribution < -0.4 is 5.73 Å². The van der Waals surface area contributed by atoms with Gasteiger partial charge in [0, 0.05) is 32.7 Å². The summed E-state index contributed by atoms with van der Waals surface area (Å²) in [7, 11) is 0. The van der Waals surface area contributed by atoms with E-state index in [0.717, 1.165) is 5.56 Å². The minimum atomic E-state index is -0.482. The molecule has 0 saturated carbocycles. The van der Waals surface area contributed by atoms with Gasteiger partial charge in [0.05, 0.1) is 11.8 Å². The Balaban J connectivity index is 0.000000711. The van der Waals surface area contributed by atoms with Crippen molar-refractivity contribution in [2.24, 2.45) is 5.73 Å². The van der Waals surface area contributed by atoms with Gasteiger partial charge in [0.15, 0.2) is 0 Å². The van der Waals surface area contributed by atoms with E-state index >= 15 is 0 Å². The van der Waals surface area contributed by atoms with E-state index in [1.807, 2.05) is 26.8 Å². The van der Waals surface area contributed by atoms with Crippen LogP contribution in [-0.4, -0.2) is 15.3 Å². The van der Waals surface area contributed by atoms with E-state index in [4.69, 9.17) is 5.73 Å². The number of aryl methyl sites for hydroxylation is 1. The number of rotatable bonds is 1. The van der Waals surface area contributed by atoms with Gasteiger partial charge >= 0.3 is 0 Å². The Morgan fingerprint density at radius 3 is 2.69 bits per heavy atom. The van der Waals surface area contributed by atoms with Gasteiger partial charge < -0.3 is 10.1 Å². The van der Waals surface area contributed by atoms with E-state index < -0.39 is 5.91 Å². The molecule has 1 radical (unpaired) electrons. The third-order valence-electron chi connectivity index (χ3n) is 1.84. The Morgan fingerprint density at radius 1 is 1.50 bits per heavy atom. The summed E-state index contributed by atoms with van der Waals surface area (Å²) >= 11 is 0. The molecule has 0 aromatic carbocycles. The number of hydrogen-bond donors (Lipinski definition) is 1. The van der Waals surface area contributed by atoms with Crippen molar-refractivity contribution in [3.8, 4) is 0 Å². The first-order valence-corrected chi connectivity index (χ1v) is 4.83. The predicted octanol–water partition coefficient (Wildman–Crippen LogP) is 1.57. The Labute approximate surface area is 120 Å². The molecule has 2 aromatic rings. The van der Waals surface area contributed by atoms with E-state index in [9.17, 15) is 4.79 Å². The number of carbonyl (C=O) groups excluding carboxylic acids is 1. The Hall–Kier alpha value is -0.736. The molecule has 2 aromatic heterocycles. The summed E-state index contributed by atoms with van der Waals surface area (Å²) in [5, 5.41) is 0. The van der Waals surface area contributed by atoms with Gasteiger partial charge in [-0.15, -0.1) is 0 Å². The molecule has 2 heterocycles. The fraction of sp³-hybridized carbons (Fsp3) is 0.273. The molecule has 0 aliphatic rings. The van der Waals surface area contributed by atoms with E-state index in [1.165, 1.54) is 6.20 Å². The molecule has 16 heavy (non-hydrogen) atoms. The van der Waals surface area contributed by atoms with E-state index in [0.29, 0.717) is 11.3 Å². The van der Waals surface area contributed by atoms with Crippen molar-refractivity contribution in [2.45, 2.75) is 20.8 Å². The molecule has 0 bridgehead atoms. The minimum absolute atomic E-state index is 0. The van der Waals surface area contributed by atoms with Crippen LogP contribution in [0.15, 0.2) is 18.5 Å². The molecule has 0 saturated heterocycles. The maximum absolute atomic E-state index is 10.9. The molecule has 0 atom stereocenters. The standard InChI is InChI=1S/C9H8N3O.C2H6.Y/c1-6-2-3-12-7(9(10)13)5-11-8(12)4-6;1-2;/h3-5H,1H3,(H2,10,13);1-2H3;/q-1;;. The fourth-order valence-electron chi connectivity index (χ4n) is 1.20. The van der Waals surface area contributed by atoms with Crippen LogP contribution in [0.5, 0.6) is 0 Å². The van der Waals surface area contributed by atoms with Gasteiger partial charge in [-0.1, -0.05) is 27.0 Å².